The number of ether oxygens (including phenoxy) is 1. The average Bonchev–Trinajstić information content (AvgIpc) is 3.29. The largest absolute Gasteiger partial charge is 0.507 e. The van der Waals surface area contributed by atoms with Crippen molar-refractivity contribution in [3.05, 3.63) is 65.0 Å². The highest BCUT2D eigenvalue weighted by atomic mass is 16.5. The van der Waals surface area contributed by atoms with Gasteiger partial charge in [0.25, 0.3) is 11.7 Å². The van der Waals surface area contributed by atoms with Crippen LogP contribution in [0.25, 0.3) is 5.76 Å². The molecule has 1 saturated heterocycles. The Labute approximate surface area is 163 Å². The summed E-state index contributed by atoms with van der Waals surface area (Å²) < 4.78 is 5.51. The number of nitrogens with zero attached hydrogens (tertiary/aromatic N) is 2. The van der Waals surface area contributed by atoms with Gasteiger partial charge in [-0.15, -0.1) is 0 Å². The van der Waals surface area contributed by atoms with E-state index in [2.05, 4.69) is 4.98 Å². The van der Waals surface area contributed by atoms with E-state index in [1.54, 1.807) is 41.6 Å². The van der Waals surface area contributed by atoms with Crippen molar-refractivity contribution >= 4 is 17.4 Å². The Kier molecular flexibility index (Phi) is 4.86. The average molecular weight is 378 g/mol. The summed E-state index contributed by atoms with van der Waals surface area (Å²) in [5.41, 5.74) is 2.41. The van der Waals surface area contributed by atoms with Crippen LogP contribution in [-0.2, 0) is 16.0 Å². The van der Waals surface area contributed by atoms with Crippen LogP contribution in [-0.4, -0.2) is 39.8 Å². The van der Waals surface area contributed by atoms with Crippen molar-refractivity contribution in [3.8, 4) is 5.75 Å². The second-order valence-corrected chi connectivity index (χ2v) is 7.05. The molecule has 1 unspecified atom stereocenters. The quantitative estimate of drug-likeness (QED) is 0.491. The van der Waals surface area contributed by atoms with Crippen molar-refractivity contribution in [2.24, 2.45) is 0 Å². The Balaban J connectivity index is 1.83. The number of ketones is 1. The van der Waals surface area contributed by atoms with Gasteiger partial charge in [0, 0.05) is 30.9 Å². The number of carbonyl (C=O) groups excluding carboxylic acids is 2. The first-order valence-electron chi connectivity index (χ1n) is 9.56. The molecule has 1 aromatic heterocycles. The van der Waals surface area contributed by atoms with Crippen LogP contribution >= 0.6 is 0 Å². The van der Waals surface area contributed by atoms with Crippen LogP contribution in [0.4, 0.5) is 0 Å². The van der Waals surface area contributed by atoms with Crippen molar-refractivity contribution in [3.63, 3.8) is 0 Å². The number of aliphatic hydroxyl groups excluding tert-OH is 1. The smallest absolute Gasteiger partial charge is 0.295 e. The number of hydrogen-bond acceptors (Lipinski definition) is 5. The van der Waals surface area contributed by atoms with Crippen LogP contribution in [0.5, 0.6) is 5.75 Å². The van der Waals surface area contributed by atoms with Crippen LogP contribution in [0.1, 0.15) is 42.5 Å². The van der Waals surface area contributed by atoms with Crippen molar-refractivity contribution < 1.29 is 19.4 Å². The van der Waals surface area contributed by atoms with E-state index in [0.29, 0.717) is 18.7 Å². The lowest BCUT2D eigenvalue weighted by molar-refractivity contribution is -0.139. The van der Waals surface area contributed by atoms with Crippen LogP contribution < -0.4 is 4.74 Å². The van der Waals surface area contributed by atoms with Crippen molar-refractivity contribution in [2.45, 2.75) is 32.2 Å². The number of pyridine rings is 1. The summed E-state index contributed by atoms with van der Waals surface area (Å²) in [7, 11) is 0. The summed E-state index contributed by atoms with van der Waals surface area (Å²) in [6.45, 7) is 3.10. The Morgan fingerprint density at radius 1 is 1.25 bits per heavy atom. The van der Waals surface area contributed by atoms with E-state index in [0.717, 1.165) is 36.1 Å². The minimum atomic E-state index is -0.646. The lowest BCUT2D eigenvalue weighted by Gasteiger charge is -2.25. The number of unbranched alkanes of at least 4 members (excludes halogenated alkanes) is 1. The fourth-order valence-corrected chi connectivity index (χ4v) is 3.82. The second kappa shape index (κ2) is 7.46. The monoisotopic (exact) mass is 378 g/mol. The summed E-state index contributed by atoms with van der Waals surface area (Å²) in [5, 5.41) is 11.0. The predicted molar refractivity (Wildman–Crippen MR) is 104 cm³/mol. The highest BCUT2D eigenvalue weighted by Gasteiger charge is 2.45. The van der Waals surface area contributed by atoms with Gasteiger partial charge < -0.3 is 14.7 Å². The number of benzene rings is 1. The van der Waals surface area contributed by atoms with Crippen molar-refractivity contribution in [2.75, 3.05) is 13.2 Å². The van der Waals surface area contributed by atoms with Crippen LogP contribution in [0.3, 0.4) is 0 Å². The Morgan fingerprint density at radius 2 is 2.04 bits per heavy atom. The molecule has 1 N–H and O–H groups in total. The molecule has 144 valence electrons. The second-order valence-electron chi connectivity index (χ2n) is 7.05. The minimum Gasteiger partial charge on any atom is -0.507 e. The molecule has 2 aliphatic heterocycles. The van der Waals surface area contributed by atoms with E-state index < -0.39 is 17.7 Å². The summed E-state index contributed by atoms with van der Waals surface area (Å²) >= 11 is 0. The van der Waals surface area contributed by atoms with Gasteiger partial charge in [0.05, 0.1) is 18.2 Å². The molecule has 28 heavy (non-hydrogen) atoms. The maximum absolute atomic E-state index is 12.9. The zero-order valence-corrected chi connectivity index (χ0v) is 15.7. The van der Waals surface area contributed by atoms with E-state index in [-0.39, 0.29) is 11.3 Å². The fourth-order valence-electron chi connectivity index (χ4n) is 3.82. The third kappa shape index (κ3) is 3.05. The maximum Gasteiger partial charge on any atom is 0.295 e. The van der Waals surface area contributed by atoms with E-state index in [1.165, 1.54) is 0 Å². The molecular formula is C22H22N2O4. The zero-order chi connectivity index (χ0) is 19.7. The minimum absolute atomic E-state index is 0.131. The number of rotatable bonds is 5. The topological polar surface area (TPSA) is 79.7 Å². The number of aromatic nitrogens is 1. The van der Waals surface area contributed by atoms with Gasteiger partial charge in [-0.2, -0.15) is 0 Å². The number of Topliss-reactive ketones (excluding diaryl/α,β-unsaturated/α-hetero) is 1. The molecule has 1 atom stereocenters. The van der Waals surface area contributed by atoms with E-state index >= 15 is 0 Å². The SMILES string of the molecule is CCCCN1C(=O)C(=O)/C(=C(\O)c2ccc3c(c2)CCO3)C1c1ccncc1. The molecule has 2 aromatic rings. The molecule has 2 aliphatic rings. The molecule has 0 radical (unpaired) electrons. The Morgan fingerprint density at radius 3 is 2.79 bits per heavy atom. The van der Waals surface area contributed by atoms with Gasteiger partial charge in [-0.3, -0.25) is 14.6 Å². The molecule has 0 saturated carbocycles. The third-order valence-electron chi connectivity index (χ3n) is 5.28. The van der Waals surface area contributed by atoms with Gasteiger partial charge >= 0.3 is 0 Å². The summed E-state index contributed by atoms with van der Waals surface area (Å²) in [4.78, 5) is 31.2. The van der Waals surface area contributed by atoms with E-state index in [1.807, 2.05) is 13.0 Å². The molecule has 1 amide bonds. The molecule has 0 aliphatic carbocycles. The molecule has 1 fully saturated rings. The fraction of sp³-hybridized carbons (Fsp3) is 0.318. The number of amides is 1. The molecule has 6 nitrogen and oxygen atoms in total. The highest BCUT2D eigenvalue weighted by Crippen LogP contribution is 2.40. The summed E-state index contributed by atoms with van der Waals surface area (Å²) in [6, 6.07) is 8.30. The third-order valence-corrected chi connectivity index (χ3v) is 5.28. The van der Waals surface area contributed by atoms with Crippen LogP contribution in [0.2, 0.25) is 0 Å². The van der Waals surface area contributed by atoms with Gasteiger partial charge in [0.2, 0.25) is 0 Å². The lowest BCUT2D eigenvalue weighted by atomic mass is 9.95. The Bertz CT molecular complexity index is 952. The number of aliphatic hydroxyl groups is 1. The molecule has 4 rings (SSSR count). The molecule has 0 bridgehead atoms. The first kappa shape index (κ1) is 18.2. The molecule has 0 spiro atoms. The number of likely N-dealkylation sites (tertiary alicyclic amines) is 1. The predicted octanol–water partition coefficient (Wildman–Crippen LogP) is 3.24. The highest BCUT2D eigenvalue weighted by molar-refractivity contribution is 6.46. The molecule has 6 heteroatoms. The van der Waals surface area contributed by atoms with Gasteiger partial charge in [0.1, 0.15) is 11.5 Å². The van der Waals surface area contributed by atoms with E-state index in [9.17, 15) is 14.7 Å². The van der Waals surface area contributed by atoms with Gasteiger partial charge in [-0.25, -0.2) is 0 Å². The van der Waals surface area contributed by atoms with Crippen molar-refractivity contribution in [1.82, 2.24) is 9.88 Å². The lowest BCUT2D eigenvalue weighted by Crippen LogP contribution is -2.30. The van der Waals surface area contributed by atoms with Crippen molar-refractivity contribution in [1.29, 1.82) is 0 Å². The van der Waals surface area contributed by atoms with Crippen LogP contribution in [0, 0.1) is 0 Å². The number of fused-ring (bicyclic) bond motifs is 1. The van der Waals surface area contributed by atoms with Crippen LogP contribution in [0.15, 0.2) is 48.3 Å². The molecule has 1 aromatic carbocycles. The van der Waals surface area contributed by atoms with Gasteiger partial charge in [0.15, 0.2) is 0 Å². The summed E-state index contributed by atoms with van der Waals surface area (Å²) in [6.07, 6.45) is 5.70. The standard InChI is InChI=1S/C22H22N2O4/c1-2-3-11-24-19(14-6-9-23-10-7-14)18(21(26)22(24)27)20(25)16-4-5-17-15(13-16)8-12-28-17/h4-7,9-10,13,19,25H,2-3,8,11-12H2,1H3/b20-18-. The summed E-state index contributed by atoms with van der Waals surface area (Å²) in [5.74, 6) is -0.562. The molecular weight excluding hydrogens is 356 g/mol. The van der Waals surface area contributed by atoms with Gasteiger partial charge in [-0.05, 0) is 47.9 Å². The number of hydrogen-bond donors (Lipinski definition) is 1. The first-order chi connectivity index (χ1) is 13.6. The van der Waals surface area contributed by atoms with Gasteiger partial charge in [-0.1, -0.05) is 13.3 Å². The zero-order valence-electron chi connectivity index (χ0n) is 15.7. The van der Waals surface area contributed by atoms with E-state index in [4.69, 9.17) is 4.74 Å². The normalized spacial score (nSPS) is 20.3. The number of carbonyl (C=O) groups is 2. The first-order valence-corrected chi connectivity index (χ1v) is 9.56. The molecule has 3 heterocycles. The maximum atomic E-state index is 12.9. The Hall–Kier alpha value is -3.15.